The second-order valence-electron chi connectivity index (χ2n) is 4.47. The van der Waals surface area contributed by atoms with Gasteiger partial charge in [0.1, 0.15) is 0 Å². The Kier molecular flexibility index (Phi) is 4.35. The highest BCUT2D eigenvalue weighted by Crippen LogP contribution is 2.07. The van der Waals surface area contributed by atoms with E-state index in [-0.39, 0.29) is 6.04 Å². The fourth-order valence-corrected chi connectivity index (χ4v) is 1.70. The Morgan fingerprint density at radius 2 is 2.13 bits per heavy atom. The normalized spacial score (nSPS) is 24.8. The maximum absolute atomic E-state index is 5.50. The lowest BCUT2D eigenvalue weighted by Gasteiger charge is -2.39. The lowest BCUT2D eigenvalue weighted by atomic mass is 10.2. The molecule has 0 amide bonds. The van der Waals surface area contributed by atoms with Crippen LogP contribution in [0.25, 0.3) is 0 Å². The summed E-state index contributed by atoms with van der Waals surface area (Å²) in [7, 11) is 2.15. The van der Waals surface area contributed by atoms with Gasteiger partial charge < -0.3 is 9.80 Å². The molecule has 1 aliphatic heterocycles. The van der Waals surface area contributed by atoms with Crippen molar-refractivity contribution in [1.29, 1.82) is 0 Å². The van der Waals surface area contributed by atoms with Crippen LogP contribution >= 0.6 is 0 Å². The Bertz CT molecular complexity index is 226. The van der Waals surface area contributed by atoms with Crippen molar-refractivity contribution in [2.24, 2.45) is 10.8 Å². The number of nitrogens with two attached hydrogens (primary N) is 1. The number of likely N-dealkylation sites (N-methyl/N-ethyl adjacent to an activating group) is 1. The first kappa shape index (κ1) is 12.3. The molecule has 0 saturated carbocycles. The lowest BCUT2D eigenvalue weighted by Crippen LogP contribution is -2.56. The van der Waals surface area contributed by atoms with Gasteiger partial charge in [-0.1, -0.05) is 0 Å². The summed E-state index contributed by atoms with van der Waals surface area (Å²) in [5, 5.41) is 0. The molecule has 0 bridgehead atoms. The largest absolute Gasteiger partial charge is 0.339 e. The number of hydrogen-bond acceptors (Lipinski definition) is 3. The Morgan fingerprint density at radius 1 is 1.47 bits per heavy atom. The van der Waals surface area contributed by atoms with E-state index < -0.39 is 0 Å². The average molecular weight is 213 g/mol. The second-order valence-corrected chi connectivity index (χ2v) is 4.47. The summed E-state index contributed by atoms with van der Waals surface area (Å²) in [4.78, 5) is 9.03. The van der Waals surface area contributed by atoms with E-state index in [4.69, 9.17) is 5.84 Å². The van der Waals surface area contributed by atoms with Crippen LogP contribution in [0.5, 0.6) is 0 Å². The second kappa shape index (κ2) is 5.32. The van der Waals surface area contributed by atoms with E-state index in [1.165, 1.54) is 0 Å². The van der Waals surface area contributed by atoms with Crippen LogP contribution in [0.3, 0.4) is 0 Å². The Balaban J connectivity index is 2.62. The van der Waals surface area contributed by atoms with Gasteiger partial charge in [0.15, 0.2) is 0 Å². The van der Waals surface area contributed by atoms with E-state index in [0.29, 0.717) is 6.04 Å². The SMILES string of the molecule is CC(C)N=C(NN)N1CCN(C)C(C)C1. The third kappa shape index (κ3) is 3.35. The molecular formula is C10H23N5. The molecule has 5 heteroatoms. The zero-order chi connectivity index (χ0) is 11.4. The highest BCUT2D eigenvalue weighted by molar-refractivity contribution is 5.79. The third-order valence-corrected chi connectivity index (χ3v) is 2.77. The van der Waals surface area contributed by atoms with Crippen LogP contribution in [0, 0.1) is 0 Å². The first-order chi connectivity index (χ1) is 7.04. The fourth-order valence-electron chi connectivity index (χ4n) is 1.70. The van der Waals surface area contributed by atoms with Crippen LogP contribution in [0.2, 0.25) is 0 Å². The molecule has 5 nitrogen and oxygen atoms in total. The quantitative estimate of drug-likeness (QED) is 0.275. The van der Waals surface area contributed by atoms with Gasteiger partial charge >= 0.3 is 0 Å². The summed E-state index contributed by atoms with van der Waals surface area (Å²) in [6.07, 6.45) is 0. The van der Waals surface area contributed by atoms with E-state index in [2.05, 4.69) is 48.0 Å². The molecule has 88 valence electrons. The van der Waals surface area contributed by atoms with Crippen LogP contribution in [-0.4, -0.2) is 54.5 Å². The molecule has 0 aromatic carbocycles. The van der Waals surface area contributed by atoms with Gasteiger partial charge in [0.2, 0.25) is 5.96 Å². The summed E-state index contributed by atoms with van der Waals surface area (Å²) in [5.74, 6) is 6.31. The summed E-state index contributed by atoms with van der Waals surface area (Å²) in [6, 6.07) is 0.815. The van der Waals surface area contributed by atoms with Gasteiger partial charge in [0.05, 0.1) is 0 Å². The van der Waals surface area contributed by atoms with E-state index in [9.17, 15) is 0 Å². The molecule has 0 spiro atoms. The van der Waals surface area contributed by atoms with Crippen LogP contribution in [0.4, 0.5) is 0 Å². The predicted molar refractivity (Wildman–Crippen MR) is 63.6 cm³/mol. The summed E-state index contributed by atoms with van der Waals surface area (Å²) in [5.41, 5.74) is 2.70. The standard InChI is InChI=1S/C10H23N5/c1-8(2)12-10(13-11)15-6-5-14(4)9(3)7-15/h8-9H,5-7,11H2,1-4H3,(H,12,13). The van der Waals surface area contributed by atoms with Crippen molar-refractivity contribution in [2.75, 3.05) is 26.7 Å². The van der Waals surface area contributed by atoms with Crippen molar-refractivity contribution in [1.82, 2.24) is 15.2 Å². The van der Waals surface area contributed by atoms with Crippen molar-refractivity contribution >= 4 is 5.96 Å². The molecule has 1 heterocycles. The Labute approximate surface area is 92.3 Å². The minimum Gasteiger partial charge on any atom is -0.339 e. The van der Waals surface area contributed by atoms with Gasteiger partial charge in [-0.2, -0.15) is 0 Å². The van der Waals surface area contributed by atoms with Crippen LogP contribution in [-0.2, 0) is 0 Å². The van der Waals surface area contributed by atoms with Crippen molar-refractivity contribution in [3.63, 3.8) is 0 Å². The first-order valence-corrected chi connectivity index (χ1v) is 5.54. The zero-order valence-electron chi connectivity index (χ0n) is 10.2. The van der Waals surface area contributed by atoms with E-state index in [0.717, 1.165) is 25.6 Å². The topological polar surface area (TPSA) is 56.9 Å². The van der Waals surface area contributed by atoms with Crippen molar-refractivity contribution in [3.05, 3.63) is 0 Å². The molecule has 1 aliphatic rings. The number of rotatable bonds is 1. The molecule has 1 atom stereocenters. The third-order valence-electron chi connectivity index (χ3n) is 2.77. The van der Waals surface area contributed by atoms with Gasteiger partial charge in [-0.15, -0.1) is 0 Å². The summed E-state index contributed by atoms with van der Waals surface area (Å²) in [6.45, 7) is 9.34. The van der Waals surface area contributed by atoms with Gasteiger partial charge in [-0.3, -0.25) is 5.43 Å². The van der Waals surface area contributed by atoms with Gasteiger partial charge in [0.25, 0.3) is 0 Å². The molecule has 0 radical (unpaired) electrons. The molecule has 3 N–H and O–H groups in total. The van der Waals surface area contributed by atoms with Gasteiger partial charge in [-0.05, 0) is 27.8 Å². The zero-order valence-corrected chi connectivity index (χ0v) is 10.2. The van der Waals surface area contributed by atoms with Crippen molar-refractivity contribution in [3.8, 4) is 0 Å². The summed E-state index contributed by atoms with van der Waals surface area (Å²) >= 11 is 0. The van der Waals surface area contributed by atoms with Crippen molar-refractivity contribution in [2.45, 2.75) is 32.9 Å². The number of nitrogens with zero attached hydrogens (tertiary/aromatic N) is 3. The van der Waals surface area contributed by atoms with E-state index in [1.54, 1.807) is 0 Å². The average Bonchev–Trinajstić information content (AvgIpc) is 2.18. The van der Waals surface area contributed by atoms with Crippen LogP contribution < -0.4 is 11.3 Å². The highest BCUT2D eigenvalue weighted by Gasteiger charge is 2.22. The van der Waals surface area contributed by atoms with Crippen LogP contribution in [0.1, 0.15) is 20.8 Å². The minimum atomic E-state index is 0.269. The van der Waals surface area contributed by atoms with E-state index in [1.807, 2.05) is 0 Å². The molecule has 0 aromatic heterocycles. The number of guanidine groups is 1. The van der Waals surface area contributed by atoms with Crippen LogP contribution in [0.15, 0.2) is 4.99 Å². The summed E-state index contributed by atoms with van der Waals surface area (Å²) < 4.78 is 0. The van der Waals surface area contributed by atoms with Gasteiger partial charge in [-0.25, -0.2) is 10.8 Å². The molecule has 1 saturated heterocycles. The number of hydrazine groups is 1. The maximum atomic E-state index is 5.50. The lowest BCUT2D eigenvalue weighted by molar-refractivity contribution is 0.150. The van der Waals surface area contributed by atoms with E-state index >= 15 is 0 Å². The molecule has 0 aromatic rings. The molecule has 15 heavy (non-hydrogen) atoms. The smallest absolute Gasteiger partial charge is 0.208 e. The number of piperazine rings is 1. The molecular weight excluding hydrogens is 190 g/mol. The Hall–Kier alpha value is -0.810. The number of hydrogen-bond donors (Lipinski definition) is 2. The number of aliphatic imine (C=N–C) groups is 1. The highest BCUT2D eigenvalue weighted by atomic mass is 15.4. The predicted octanol–water partition coefficient (Wildman–Crippen LogP) is -0.150. The molecule has 0 aliphatic carbocycles. The number of nitrogens with one attached hydrogen (secondary N) is 1. The van der Waals surface area contributed by atoms with Crippen molar-refractivity contribution < 1.29 is 0 Å². The fraction of sp³-hybridized carbons (Fsp3) is 0.900. The molecule has 1 unspecified atom stereocenters. The molecule has 1 rings (SSSR count). The maximum Gasteiger partial charge on any atom is 0.208 e. The van der Waals surface area contributed by atoms with Gasteiger partial charge in [0, 0.05) is 31.7 Å². The first-order valence-electron chi connectivity index (χ1n) is 5.54. The minimum absolute atomic E-state index is 0.269. The Morgan fingerprint density at radius 3 is 2.60 bits per heavy atom. The monoisotopic (exact) mass is 213 g/mol. The molecule has 1 fully saturated rings.